The fourth-order valence-electron chi connectivity index (χ4n) is 4.23. The SMILES string of the molecule is C=CCCC(=O)N(Cc1ccoc1)[C@@H]1CC(C(=O)NCCO)=C[C@H](Oc2c(I)cc(CO)cc2OC)[C@H]1O. The maximum atomic E-state index is 13.3. The van der Waals surface area contributed by atoms with E-state index in [0.29, 0.717) is 32.6 Å². The van der Waals surface area contributed by atoms with Crippen molar-refractivity contribution >= 4 is 34.4 Å². The van der Waals surface area contributed by atoms with Crippen molar-refractivity contribution in [2.45, 2.75) is 50.7 Å². The van der Waals surface area contributed by atoms with Crippen LogP contribution in [0.2, 0.25) is 0 Å². The molecule has 4 N–H and O–H groups in total. The predicted octanol–water partition coefficient (Wildman–Crippen LogP) is 2.30. The number of carbonyl (C=O) groups is 2. The average molecular weight is 640 g/mol. The van der Waals surface area contributed by atoms with Crippen LogP contribution < -0.4 is 14.8 Å². The molecule has 1 aromatic carbocycles. The molecule has 206 valence electrons. The fraction of sp³-hybridized carbons (Fsp3) is 0.407. The lowest BCUT2D eigenvalue weighted by Gasteiger charge is -2.40. The highest BCUT2D eigenvalue weighted by atomic mass is 127. The van der Waals surface area contributed by atoms with E-state index in [9.17, 15) is 24.9 Å². The van der Waals surface area contributed by atoms with Gasteiger partial charge in [0.15, 0.2) is 11.5 Å². The number of amides is 2. The summed E-state index contributed by atoms with van der Waals surface area (Å²) < 4.78 is 17.5. The van der Waals surface area contributed by atoms with Gasteiger partial charge >= 0.3 is 0 Å². The first-order chi connectivity index (χ1) is 18.3. The number of aliphatic hydroxyl groups is 3. The highest BCUT2D eigenvalue weighted by Crippen LogP contribution is 2.37. The molecule has 10 nitrogen and oxygen atoms in total. The van der Waals surface area contributed by atoms with E-state index in [-0.39, 0.29) is 45.1 Å². The quantitative estimate of drug-likeness (QED) is 0.193. The Kier molecular flexibility index (Phi) is 11.2. The Balaban J connectivity index is 2.01. The van der Waals surface area contributed by atoms with Gasteiger partial charge in [0.05, 0.1) is 42.5 Å². The molecule has 0 unspecified atom stereocenters. The van der Waals surface area contributed by atoms with E-state index in [0.717, 1.165) is 5.56 Å². The molecule has 1 heterocycles. The summed E-state index contributed by atoms with van der Waals surface area (Å²) in [4.78, 5) is 27.8. The van der Waals surface area contributed by atoms with Gasteiger partial charge in [-0.05, 0) is 58.9 Å². The minimum absolute atomic E-state index is 0.0558. The summed E-state index contributed by atoms with van der Waals surface area (Å²) in [5.74, 6) is 0.0435. The lowest BCUT2D eigenvalue weighted by Crippen LogP contribution is -2.54. The van der Waals surface area contributed by atoms with Crippen molar-refractivity contribution < 1.29 is 38.8 Å². The summed E-state index contributed by atoms with van der Waals surface area (Å²) in [6.45, 7) is 3.49. The number of furan rings is 1. The Hall–Kier alpha value is -2.87. The van der Waals surface area contributed by atoms with Gasteiger partial charge in [0.25, 0.3) is 0 Å². The number of hydrogen-bond donors (Lipinski definition) is 4. The number of halogens is 1. The molecule has 38 heavy (non-hydrogen) atoms. The zero-order chi connectivity index (χ0) is 27.7. The van der Waals surface area contributed by atoms with Gasteiger partial charge in [-0.3, -0.25) is 9.59 Å². The van der Waals surface area contributed by atoms with Crippen LogP contribution >= 0.6 is 22.6 Å². The van der Waals surface area contributed by atoms with Crippen molar-refractivity contribution in [3.8, 4) is 11.5 Å². The van der Waals surface area contributed by atoms with Crippen molar-refractivity contribution in [3.05, 3.63) is 69.7 Å². The van der Waals surface area contributed by atoms with Gasteiger partial charge in [0.1, 0.15) is 12.2 Å². The molecule has 2 amide bonds. The Labute approximate surface area is 235 Å². The van der Waals surface area contributed by atoms with E-state index in [1.807, 2.05) is 22.6 Å². The van der Waals surface area contributed by atoms with Gasteiger partial charge in [-0.25, -0.2) is 0 Å². The molecule has 2 aromatic rings. The molecule has 0 bridgehead atoms. The molecule has 11 heteroatoms. The molecular weight excluding hydrogens is 607 g/mol. The standard InChI is InChI=1S/C27H33IN2O8/c1-3-4-5-24(33)30(14-17-6-9-37-16-17)21-12-19(27(35)29-7-8-31)13-22(25(21)34)38-26-20(28)10-18(15-32)11-23(26)36-2/h3,6,9-11,13,16,21-22,25,31-32,34H,1,4-5,7-8,12,14-15H2,2H3,(H,29,35)/t21-,22+,25+/m1/s1. The second-order valence-corrected chi connectivity index (χ2v) is 9.93. The van der Waals surface area contributed by atoms with Crippen molar-refractivity contribution in [3.63, 3.8) is 0 Å². The molecule has 0 saturated carbocycles. The summed E-state index contributed by atoms with van der Waals surface area (Å²) in [6, 6.07) is 4.30. The number of allylic oxidation sites excluding steroid dienone is 1. The van der Waals surface area contributed by atoms with Crippen LogP contribution in [0.3, 0.4) is 0 Å². The molecule has 0 spiro atoms. The first-order valence-electron chi connectivity index (χ1n) is 12.2. The van der Waals surface area contributed by atoms with Gasteiger partial charge in [-0.1, -0.05) is 6.08 Å². The van der Waals surface area contributed by atoms with E-state index in [4.69, 9.17) is 13.9 Å². The topological polar surface area (TPSA) is 142 Å². The van der Waals surface area contributed by atoms with Gasteiger partial charge in [-0.15, -0.1) is 6.58 Å². The van der Waals surface area contributed by atoms with Crippen molar-refractivity contribution in [1.82, 2.24) is 10.2 Å². The molecule has 1 aliphatic rings. The highest BCUT2D eigenvalue weighted by Gasteiger charge is 2.41. The van der Waals surface area contributed by atoms with Crippen molar-refractivity contribution in [2.75, 3.05) is 20.3 Å². The normalized spacial score (nSPS) is 18.9. The minimum Gasteiger partial charge on any atom is -0.493 e. The molecule has 0 radical (unpaired) electrons. The summed E-state index contributed by atoms with van der Waals surface area (Å²) in [5, 5.41) is 32.9. The average Bonchev–Trinajstić information content (AvgIpc) is 3.44. The number of aliphatic hydroxyl groups excluding tert-OH is 3. The Morgan fingerprint density at radius 3 is 2.74 bits per heavy atom. The maximum absolute atomic E-state index is 13.3. The van der Waals surface area contributed by atoms with Crippen LogP contribution in [0.15, 0.2) is 59.4 Å². The van der Waals surface area contributed by atoms with E-state index in [2.05, 4.69) is 11.9 Å². The lowest BCUT2D eigenvalue weighted by molar-refractivity contribution is -0.139. The molecule has 0 fully saturated rings. The van der Waals surface area contributed by atoms with Crippen LogP contribution in [0.25, 0.3) is 0 Å². The first kappa shape index (κ1) is 29.7. The number of methoxy groups -OCH3 is 1. The summed E-state index contributed by atoms with van der Waals surface area (Å²) in [7, 11) is 1.47. The zero-order valence-electron chi connectivity index (χ0n) is 21.1. The summed E-state index contributed by atoms with van der Waals surface area (Å²) in [5.41, 5.74) is 1.67. The molecule has 0 saturated heterocycles. The minimum atomic E-state index is -1.19. The van der Waals surface area contributed by atoms with Crippen molar-refractivity contribution in [2.24, 2.45) is 0 Å². The van der Waals surface area contributed by atoms with Crippen LogP contribution in [0.1, 0.15) is 30.4 Å². The Morgan fingerprint density at radius 1 is 1.32 bits per heavy atom. The largest absolute Gasteiger partial charge is 0.493 e. The monoisotopic (exact) mass is 640 g/mol. The second kappa shape index (κ2) is 14.3. The smallest absolute Gasteiger partial charge is 0.247 e. The van der Waals surface area contributed by atoms with Crippen LogP contribution in [0.4, 0.5) is 0 Å². The van der Waals surface area contributed by atoms with E-state index in [1.165, 1.54) is 25.7 Å². The Bertz CT molecular complexity index is 1130. The van der Waals surface area contributed by atoms with E-state index < -0.39 is 24.2 Å². The third-order valence-corrected chi connectivity index (χ3v) is 6.96. The second-order valence-electron chi connectivity index (χ2n) is 8.76. The van der Waals surface area contributed by atoms with Gasteiger partial charge in [0.2, 0.25) is 11.8 Å². The fourth-order valence-corrected chi connectivity index (χ4v) is 5.03. The molecule has 1 aliphatic carbocycles. The van der Waals surface area contributed by atoms with Crippen LogP contribution in [0, 0.1) is 3.57 Å². The number of rotatable bonds is 13. The highest BCUT2D eigenvalue weighted by molar-refractivity contribution is 14.1. The third kappa shape index (κ3) is 7.37. The van der Waals surface area contributed by atoms with Crippen LogP contribution in [-0.2, 0) is 22.7 Å². The predicted molar refractivity (Wildman–Crippen MR) is 147 cm³/mol. The molecule has 0 aliphatic heterocycles. The number of hydrogen-bond acceptors (Lipinski definition) is 8. The van der Waals surface area contributed by atoms with Gasteiger partial charge in [-0.2, -0.15) is 0 Å². The maximum Gasteiger partial charge on any atom is 0.247 e. The molecular formula is C27H33IN2O8. The third-order valence-electron chi connectivity index (χ3n) is 6.16. The number of carbonyl (C=O) groups excluding carboxylic acids is 2. The van der Waals surface area contributed by atoms with Gasteiger partial charge < -0.3 is 39.4 Å². The van der Waals surface area contributed by atoms with Gasteiger partial charge in [0, 0.05) is 37.1 Å². The number of nitrogens with one attached hydrogen (secondary N) is 1. The number of nitrogens with zero attached hydrogens (tertiary/aromatic N) is 1. The number of ether oxygens (including phenoxy) is 2. The molecule has 3 rings (SSSR count). The van der Waals surface area contributed by atoms with E-state index in [1.54, 1.807) is 29.2 Å². The first-order valence-corrected chi connectivity index (χ1v) is 13.2. The lowest BCUT2D eigenvalue weighted by atomic mass is 9.87. The molecule has 3 atom stereocenters. The van der Waals surface area contributed by atoms with Crippen LogP contribution in [0.5, 0.6) is 11.5 Å². The summed E-state index contributed by atoms with van der Waals surface area (Å²) >= 11 is 2.05. The summed E-state index contributed by atoms with van der Waals surface area (Å²) in [6.07, 6.45) is 4.72. The Morgan fingerprint density at radius 2 is 2.11 bits per heavy atom. The van der Waals surface area contributed by atoms with E-state index >= 15 is 0 Å². The number of benzene rings is 1. The molecule has 1 aromatic heterocycles. The zero-order valence-corrected chi connectivity index (χ0v) is 23.3. The van der Waals surface area contributed by atoms with Crippen molar-refractivity contribution in [1.29, 1.82) is 0 Å². The van der Waals surface area contributed by atoms with Crippen LogP contribution in [-0.4, -0.2) is 70.5 Å².